The molecule has 1 atom stereocenters. The maximum absolute atomic E-state index is 14.6. The van der Waals surface area contributed by atoms with Gasteiger partial charge in [-0.1, -0.05) is 103 Å². The zero-order valence-electron chi connectivity index (χ0n) is 26.4. The summed E-state index contributed by atoms with van der Waals surface area (Å²) in [6.45, 7) is 3.93. The molecule has 0 saturated carbocycles. The van der Waals surface area contributed by atoms with Crippen LogP contribution in [0.4, 0.5) is 5.69 Å². The molecule has 8 nitrogen and oxygen atoms in total. The summed E-state index contributed by atoms with van der Waals surface area (Å²) < 4.78 is 35.0. The zero-order valence-corrected chi connectivity index (χ0v) is 27.9. The van der Waals surface area contributed by atoms with Crippen molar-refractivity contribution < 1.29 is 22.7 Å². The maximum Gasteiger partial charge on any atom is 0.264 e. The minimum absolute atomic E-state index is 0.00629. The van der Waals surface area contributed by atoms with Gasteiger partial charge in [0.25, 0.3) is 10.0 Å². The molecule has 0 aromatic heterocycles. The van der Waals surface area contributed by atoms with Gasteiger partial charge in [0.15, 0.2) is 0 Å². The number of ether oxygens (including phenoxy) is 1. The molecule has 0 heterocycles. The lowest BCUT2D eigenvalue weighted by atomic mass is 10.0. The Labute approximate surface area is 277 Å². The molecular formula is C36H40ClN3O5S. The standard InChI is InChI=1S/C36H40ClN3O5S/c1-4-5-21-38-36(42)33(23-28-14-8-6-9-15-28)39(25-29-16-12-13-27(2)22-29)35(41)26-40(32-24-30(37)19-20-34(32)45-3)46(43,44)31-17-10-7-11-18-31/h6-20,22,24,33H,4-5,21,23,25-26H2,1-3H3,(H,38,42)/t33-/m1/s1. The summed E-state index contributed by atoms with van der Waals surface area (Å²) in [5, 5.41) is 3.27. The van der Waals surface area contributed by atoms with E-state index in [1.165, 1.54) is 30.2 Å². The van der Waals surface area contributed by atoms with Crippen LogP contribution in [0.1, 0.15) is 36.5 Å². The number of hydrogen-bond donors (Lipinski definition) is 1. The summed E-state index contributed by atoms with van der Waals surface area (Å²) in [5.74, 6) is -0.647. The predicted octanol–water partition coefficient (Wildman–Crippen LogP) is 6.41. The summed E-state index contributed by atoms with van der Waals surface area (Å²) in [5.41, 5.74) is 2.78. The van der Waals surface area contributed by atoms with Crippen LogP contribution in [0.5, 0.6) is 5.75 Å². The summed E-state index contributed by atoms with van der Waals surface area (Å²) in [6.07, 6.45) is 1.92. The Morgan fingerprint density at radius 3 is 2.22 bits per heavy atom. The van der Waals surface area contributed by atoms with Crippen molar-refractivity contribution in [2.24, 2.45) is 0 Å². The van der Waals surface area contributed by atoms with Gasteiger partial charge in [-0.25, -0.2) is 8.42 Å². The quantitative estimate of drug-likeness (QED) is 0.149. The molecule has 242 valence electrons. The topological polar surface area (TPSA) is 96.0 Å². The Bertz CT molecular complexity index is 1720. The number of amides is 2. The SMILES string of the molecule is CCCCNC(=O)[C@@H](Cc1ccccc1)N(Cc1cccc(C)c1)C(=O)CN(c1cc(Cl)ccc1OC)S(=O)(=O)c1ccccc1. The van der Waals surface area contributed by atoms with Gasteiger partial charge in [-0.3, -0.25) is 13.9 Å². The van der Waals surface area contributed by atoms with Crippen molar-refractivity contribution in [1.29, 1.82) is 0 Å². The molecule has 1 N–H and O–H groups in total. The number of methoxy groups -OCH3 is 1. The number of carbonyl (C=O) groups is 2. The molecule has 2 amide bonds. The first-order chi connectivity index (χ1) is 22.1. The fraction of sp³-hybridized carbons (Fsp3) is 0.278. The number of nitrogens with one attached hydrogen (secondary N) is 1. The first-order valence-corrected chi connectivity index (χ1v) is 17.0. The predicted molar refractivity (Wildman–Crippen MR) is 183 cm³/mol. The Morgan fingerprint density at radius 2 is 1.57 bits per heavy atom. The van der Waals surface area contributed by atoms with Gasteiger partial charge in [-0.15, -0.1) is 0 Å². The second kappa shape index (κ2) is 16.3. The minimum atomic E-state index is -4.29. The molecule has 0 saturated heterocycles. The van der Waals surface area contributed by atoms with Gasteiger partial charge in [0.2, 0.25) is 11.8 Å². The van der Waals surface area contributed by atoms with E-state index in [2.05, 4.69) is 5.32 Å². The van der Waals surface area contributed by atoms with E-state index < -0.39 is 28.5 Å². The van der Waals surface area contributed by atoms with Crippen LogP contribution in [0.25, 0.3) is 0 Å². The molecule has 4 aromatic rings. The van der Waals surface area contributed by atoms with Gasteiger partial charge >= 0.3 is 0 Å². The molecule has 0 aliphatic heterocycles. The molecule has 4 aromatic carbocycles. The highest BCUT2D eigenvalue weighted by Crippen LogP contribution is 2.35. The Hall–Kier alpha value is -4.34. The first-order valence-electron chi connectivity index (χ1n) is 15.2. The van der Waals surface area contributed by atoms with Crippen LogP contribution in [-0.4, -0.2) is 51.4 Å². The maximum atomic E-state index is 14.6. The van der Waals surface area contributed by atoms with Crippen molar-refractivity contribution >= 4 is 39.1 Å². The van der Waals surface area contributed by atoms with E-state index >= 15 is 0 Å². The van der Waals surface area contributed by atoms with Crippen LogP contribution >= 0.6 is 11.6 Å². The third kappa shape index (κ3) is 8.89. The molecule has 4 rings (SSSR count). The van der Waals surface area contributed by atoms with Crippen LogP contribution in [0, 0.1) is 6.92 Å². The Morgan fingerprint density at radius 1 is 0.891 bits per heavy atom. The van der Waals surface area contributed by atoms with Crippen LogP contribution in [-0.2, 0) is 32.6 Å². The van der Waals surface area contributed by atoms with Crippen molar-refractivity contribution in [1.82, 2.24) is 10.2 Å². The molecule has 0 aliphatic rings. The highest BCUT2D eigenvalue weighted by Gasteiger charge is 2.35. The molecule has 10 heteroatoms. The number of anilines is 1. The van der Waals surface area contributed by atoms with Gasteiger partial charge in [-0.2, -0.15) is 0 Å². The molecule has 0 bridgehead atoms. The fourth-order valence-electron chi connectivity index (χ4n) is 5.16. The van der Waals surface area contributed by atoms with Crippen LogP contribution in [0.2, 0.25) is 5.02 Å². The smallest absolute Gasteiger partial charge is 0.264 e. The van der Waals surface area contributed by atoms with E-state index in [0.29, 0.717) is 6.54 Å². The van der Waals surface area contributed by atoms with Crippen molar-refractivity contribution in [2.75, 3.05) is 24.5 Å². The van der Waals surface area contributed by atoms with Gasteiger partial charge in [0.05, 0.1) is 17.7 Å². The molecule has 0 aliphatic carbocycles. The zero-order chi connectivity index (χ0) is 33.1. The van der Waals surface area contributed by atoms with Gasteiger partial charge < -0.3 is 15.0 Å². The van der Waals surface area contributed by atoms with Gasteiger partial charge in [0, 0.05) is 24.5 Å². The highest BCUT2D eigenvalue weighted by atomic mass is 35.5. The first kappa shape index (κ1) is 34.5. The van der Waals surface area contributed by atoms with Crippen molar-refractivity contribution in [3.05, 3.63) is 125 Å². The summed E-state index contributed by atoms with van der Waals surface area (Å²) in [6, 6.07) is 28.7. The number of sulfonamides is 1. The highest BCUT2D eigenvalue weighted by molar-refractivity contribution is 7.92. The van der Waals surface area contributed by atoms with E-state index in [-0.39, 0.29) is 40.2 Å². The molecule has 0 fully saturated rings. The van der Waals surface area contributed by atoms with Crippen molar-refractivity contribution in [2.45, 2.75) is 50.6 Å². The number of aryl methyl sites for hydroxylation is 1. The average Bonchev–Trinajstić information content (AvgIpc) is 3.06. The minimum Gasteiger partial charge on any atom is -0.495 e. The number of benzene rings is 4. The number of rotatable bonds is 15. The van der Waals surface area contributed by atoms with Crippen LogP contribution in [0.15, 0.2) is 108 Å². The van der Waals surface area contributed by atoms with Crippen molar-refractivity contribution in [3.63, 3.8) is 0 Å². The summed E-state index contributed by atoms with van der Waals surface area (Å²) in [4.78, 5) is 30.0. The Kier molecular flexibility index (Phi) is 12.2. The summed E-state index contributed by atoms with van der Waals surface area (Å²) >= 11 is 6.35. The molecule has 0 spiro atoms. The monoisotopic (exact) mass is 661 g/mol. The number of halogens is 1. The third-order valence-corrected chi connectivity index (χ3v) is 9.56. The van der Waals surface area contributed by atoms with E-state index in [0.717, 1.165) is 33.8 Å². The van der Waals surface area contributed by atoms with Crippen LogP contribution < -0.4 is 14.4 Å². The van der Waals surface area contributed by atoms with E-state index in [9.17, 15) is 18.0 Å². The number of hydrogen-bond acceptors (Lipinski definition) is 5. The molecule has 0 radical (unpaired) electrons. The molecular weight excluding hydrogens is 622 g/mol. The van der Waals surface area contributed by atoms with Crippen molar-refractivity contribution in [3.8, 4) is 5.75 Å². The number of nitrogens with zero attached hydrogens (tertiary/aromatic N) is 2. The Balaban J connectivity index is 1.83. The normalized spacial score (nSPS) is 11.8. The largest absolute Gasteiger partial charge is 0.495 e. The molecule has 46 heavy (non-hydrogen) atoms. The molecule has 0 unspecified atom stereocenters. The van der Waals surface area contributed by atoms with Crippen LogP contribution in [0.3, 0.4) is 0 Å². The third-order valence-electron chi connectivity index (χ3n) is 7.56. The second-order valence-corrected chi connectivity index (χ2v) is 13.3. The average molecular weight is 662 g/mol. The fourth-order valence-corrected chi connectivity index (χ4v) is 6.76. The number of carbonyl (C=O) groups excluding carboxylic acids is 2. The lowest BCUT2D eigenvalue weighted by molar-refractivity contribution is -0.140. The number of unbranched alkanes of at least 4 members (excludes halogenated alkanes) is 1. The van der Waals surface area contributed by atoms with Gasteiger partial charge in [-0.05, 0) is 54.8 Å². The second-order valence-electron chi connectivity index (χ2n) is 11.0. The lowest BCUT2D eigenvalue weighted by Crippen LogP contribution is -2.53. The van der Waals surface area contributed by atoms with E-state index in [1.807, 2.05) is 68.4 Å². The summed E-state index contributed by atoms with van der Waals surface area (Å²) in [7, 11) is -2.87. The van der Waals surface area contributed by atoms with Gasteiger partial charge in [0.1, 0.15) is 18.3 Å². The van der Waals surface area contributed by atoms with E-state index in [1.54, 1.807) is 30.3 Å². The lowest BCUT2D eigenvalue weighted by Gasteiger charge is -2.34. The van der Waals surface area contributed by atoms with E-state index in [4.69, 9.17) is 16.3 Å².